The zero-order valence-corrected chi connectivity index (χ0v) is 12.5. The fourth-order valence-electron chi connectivity index (χ4n) is 1.81. The molecule has 0 spiro atoms. The van der Waals surface area contributed by atoms with Crippen LogP contribution in [0.5, 0.6) is 11.5 Å². The molecule has 102 valence electrons. The van der Waals surface area contributed by atoms with E-state index in [9.17, 15) is 5.11 Å². The third-order valence-electron chi connectivity index (χ3n) is 2.90. The quantitative estimate of drug-likeness (QED) is 0.933. The van der Waals surface area contributed by atoms with Crippen LogP contribution in [0.1, 0.15) is 22.1 Å². The second-order valence-corrected chi connectivity index (χ2v) is 5.40. The lowest BCUT2D eigenvalue weighted by Crippen LogP contribution is -1.99. The maximum absolute atomic E-state index is 10.4. The lowest BCUT2D eigenvalue weighted by molar-refractivity contribution is 0.223. The number of ether oxygens (including phenoxy) is 2. The first-order valence-corrected chi connectivity index (χ1v) is 6.97. The summed E-state index contributed by atoms with van der Waals surface area (Å²) in [6.45, 7) is 1.92. The molecule has 1 heterocycles. The Morgan fingerprint density at radius 3 is 2.42 bits per heavy atom. The van der Waals surface area contributed by atoms with Gasteiger partial charge in [0.05, 0.1) is 24.1 Å². The molecule has 0 amide bonds. The van der Waals surface area contributed by atoms with Gasteiger partial charge in [-0.15, -0.1) is 11.3 Å². The molecule has 0 bridgehead atoms. The van der Waals surface area contributed by atoms with Crippen molar-refractivity contribution in [3.63, 3.8) is 0 Å². The average molecular weight is 299 g/mol. The second-order valence-electron chi connectivity index (χ2n) is 4.11. The van der Waals surface area contributed by atoms with E-state index in [0.717, 1.165) is 16.0 Å². The summed E-state index contributed by atoms with van der Waals surface area (Å²) in [6, 6.07) is 5.33. The van der Waals surface area contributed by atoms with Gasteiger partial charge in [0, 0.05) is 0 Å². The Kier molecular flexibility index (Phi) is 4.34. The lowest BCUT2D eigenvalue weighted by atomic mass is 10.1. The molecule has 1 aromatic carbocycles. The zero-order valence-electron chi connectivity index (χ0n) is 10.9. The van der Waals surface area contributed by atoms with E-state index in [-0.39, 0.29) is 0 Å². The average Bonchev–Trinajstić information content (AvgIpc) is 2.77. The summed E-state index contributed by atoms with van der Waals surface area (Å²) >= 11 is 7.63. The molecule has 0 aliphatic carbocycles. The maximum Gasteiger partial charge on any atom is 0.161 e. The van der Waals surface area contributed by atoms with Crippen molar-refractivity contribution < 1.29 is 14.6 Å². The molecule has 2 aromatic rings. The van der Waals surface area contributed by atoms with Gasteiger partial charge in [0.15, 0.2) is 11.5 Å². The highest BCUT2D eigenvalue weighted by atomic mass is 35.5. The van der Waals surface area contributed by atoms with E-state index in [1.807, 2.05) is 12.3 Å². The molecule has 1 atom stereocenters. The van der Waals surface area contributed by atoms with Crippen LogP contribution < -0.4 is 9.47 Å². The first-order valence-electron chi connectivity index (χ1n) is 5.72. The van der Waals surface area contributed by atoms with Gasteiger partial charge in [-0.1, -0.05) is 17.7 Å². The number of aliphatic hydroxyl groups excluding tert-OH is 1. The molecule has 2 rings (SSSR count). The van der Waals surface area contributed by atoms with Crippen LogP contribution in [-0.4, -0.2) is 19.3 Å². The molecule has 1 N–H and O–H groups in total. The Balaban J connectivity index is 2.39. The number of aliphatic hydroxyl groups is 1. The molecule has 0 aliphatic heterocycles. The second kappa shape index (κ2) is 5.82. The van der Waals surface area contributed by atoms with E-state index in [4.69, 9.17) is 21.1 Å². The molecule has 3 nitrogen and oxygen atoms in total. The molecule has 0 radical (unpaired) electrons. The molecule has 19 heavy (non-hydrogen) atoms. The number of hydrogen-bond donors (Lipinski definition) is 1. The number of hydrogen-bond acceptors (Lipinski definition) is 4. The monoisotopic (exact) mass is 298 g/mol. The van der Waals surface area contributed by atoms with Crippen LogP contribution in [0.2, 0.25) is 5.02 Å². The van der Waals surface area contributed by atoms with E-state index in [1.165, 1.54) is 11.3 Å². The number of rotatable bonds is 4. The Hall–Kier alpha value is -1.23. The predicted octanol–water partition coefficient (Wildman–Crippen LogP) is 3.81. The van der Waals surface area contributed by atoms with Crippen LogP contribution in [-0.2, 0) is 0 Å². The van der Waals surface area contributed by atoms with Gasteiger partial charge in [-0.05, 0) is 35.6 Å². The normalized spacial score (nSPS) is 12.3. The lowest BCUT2D eigenvalue weighted by Gasteiger charge is -2.13. The van der Waals surface area contributed by atoms with Gasteiger partial charge in [-0.2, -0.15) is 0 Å². The van der Waals surface area contributed by atoms with Crippen LogP contribution >= 0.6 is 22.9 Å². The largest absolute Gasteiger partial charge is 0.493 e. The number of methoxy groups -OCH3 is 2. The van der Waals surface area contributed by atoms with Crippen LogP contribution in [0.25, 0.3) is 0 Å². The molecule has 5 heteroatoms. The van der Waals surface area contributed by atoms with Crippen molar-refractivity contribution in [1.82, 2.24) is 0 Å². The van der Waals surface area contributed by atoms with Crippen LogP contribution in [0.3, 0.4) is 0 Å². The summed E-state index contributed by atoms with van der Waals surface area (Å²) in [6.07, 6.45) is -0.758. The minimum atomic E-state index is -0.758. The van der Waals surface area contributed by atoms with Crippen LogP contribution in [0.15, 0.2) is 23.6 Å². The molecular formula is C14H15ClO3S. The minimum Gasteiger partial charge on any atom is -0.493 e. The van der Waals surface area contributed by atoms with Crippen molar-refractivity contribution in [2.75, 3.05) is 14.2 Å². The highest BCUT2D eigenvalue weighted by molar-refractivity contribution is 7.10. The van der Waals surface area contributed by atoms with Crippen molar-refractivity contribution in [2.24, 2.45) is 0 Å². The van der Waals surface area contributed by atoms with Crippen LogP contribution in [0, 0.1) is 6.92 Å². The highest BCUT2D eigenvalue weighted by Gasteiger charge is 2.19. The Morgan fingerprint density at radius 1 is 1.21 bits per heavy atom. The first-order chi connectivity index (χ1) is 9.08. The van der Waals surface area contributed by atoms with Gasteiger partial charge in [-0.3, -0.25) is 0 Å². The van der Waals surface area contributed by atoms with Gasteiger partial charge in [0.2, 0.25) is 0 Å². The summed E-state index contributed by atoms with van der Waals surface area (Å²) in [5.41, 5.74) is 1.70. The van der Waals surface area contributed by atoms with Crippen molar-refractivity contribution in [1.29, 1.82) is 0 Å². The number of aryl methyl sites for hydroxylation is 1. The third-order valence-corrected chi connectivity index (χ3v) is 4.66. The smallest absolute Gasteiger partial charge is 0.161 e. The fourth-order valence-corrected chi connectivity index (χ4v) is 3.12. The van der Waals surface area contributed by atoms with E-state index in [0.29, 0.717) is 16.5 Å². The SMILES string of the molecule is COc1ccc(C(O)c2scc(C)c2Cl)cc1OC. The number of benzene rings is 1. The third kappa shape index (κ3) is 2.71. The molecule has 0 aliphatic rings. The van der Waals surface area contributed by atoms with Gasteiger partial charge in [-0.25, -0.2) is 0 Å². The van der Waals surface area contributed by atoms with Crippen molar-refractivity contribution >= 4 is 22.9 Å². The Morgan fingerprint density at radius 2 is 1.89 bits per heavy atom. The Labute approximate surface area is 121 Å². The standard InChI is InChI=1S/C14H15ClO3S/c1-8-7-19-14(12(8)15)13(16)9-4-5-10(17-2)11(6-9)18-3/h4-7,13,16H,1-3H3. The number of halogens is 1. The van der Waals surface area contributed by atoms with Gasteiger partial charge in [0.1, 0.15) is 6.10 Å². The topological polar surface area (TPSA) is 38.7 Å². The molecule has 0 saturated heterocycles. The predicted molar refractivity (Wildman–Crippen MR) is 77.7 cm³/mol. The summed E-state index contributed by atoms with van der Waals surface area (Å²) in [5, 5.41) is 12.9. The van der Waals surface area contributed by atoms with Gasteiger partial charge >= 0.3 is 0 Å². The van der Waals surface area contributed by atoms with Crippen LogP contribution in [0.4, 0.5) is 0 Å². The molecule has 0 fully saturated rings. The van der Waals surface area contributed by atoms with E-state index in [2.05, 4.69) is 0 Å². The van der Waals surface area contributed by atoms with E-state index in [1.54, 1.807) is 32.4 Å². The van der Waals surface area contributed by atoms with Gasteiger partial charge in [0.25, 0.3) is 0 Å². The molecular weight excluding hydrogens is 284 g/mol. The maximum atomic E-state index is 10.4. The van der Waals surface area contributed by atoms with Crippen molar-refractivity contribution in [2.45, 2.75) is 13.0 Å². The fraction of sp³-hybridized carbons (Fsp3) is 0.286. The number of thiophene rings is 1. The summed E-state index contributed by atoms with van der Waals surface area (Å²) in [7, 11) is 3.14. The van der Waals surface area contributed by atoms with Crippen molar-refractivity contribution in [3.8, 4) is 11.5 Å². The molecule has 1 aromatic heterocycles. The van der Waals surface area contributed by atoms with Gasteiger partial charge < -0.3 is 14.6 Å². The summed E-state index contributed by atoms with van der Waals surface area (Å²) < 4.78 is 10.4. The van der Waals surface area contributed by atoms with E-state index < -0.39 is 6.10 Å². The summed E-state index contributed by atoms with van der Waals surface area (Å²) in [4.78, 5) is 0.742. The highest BCUT2D eigenvalue weighted by Crippen LogP contribution is 2.38. The van der Waals surface area contributed by atoms with E-state index >= 15 is 0 Å². The Bertz CT molecular complexity index is 580. The molecule has 0 saturated carbocycles. The first kappa shape index (κ1) is 14.2. The van der Waals surface area contributed by atoms with Crippen molar-refractivity contribution in [3.05, 3.63) is 44.6 Å². The zero-order chi connectivity index (χ0) is 14.0. The summed E-state index contributed by atoms with van der Waals surface area (Å²) in [5.74, 6) is 1.22. The molecule has 1 unspecified atom stereocenters. The minimum absolute atomic E-state index is 0.587.